The molecule has 0 spiro atoms. The zero-order valence-corrected chi connectivity index (χ0v) is 15.5. The summed E-state index contributed by atoms with van der Waals surface area (Å²) in [6, 6.07) is 0. The molecule has 1 aromatic rings. The van der Waals surface area contributed by atoms with Gasteiger partial charge in [0.15, 0.2) is 6.67 Å². The van der Waals surface area contributed by atoms with E-state index < -0.39 is 0 Å². The fourth-order valence-corrected chi connectivity index (χ4v) is 5.75. The molecule has 1 fully saturated rings. The Morgan fingerprint density at radius 1 is 1.12 bits per heavy atom. The molecule has 0 bridgehead atoms. The molecule has 3 heterocycles. The maximum Gasteiger partial charge on any atom is 0.228 e. The van der Waals surface area contributed by atoms with E-state index in [-0.39, 0.29) is 5.91 Å². The summed E-state index contributed by atoms with van der Waals surface area (Å²) in [5, 5.41) is 1.26. The number of quaternary nitrogens is 2. The molecule has 1 saturated heterocycles. The molecule has 2 aliphatic heterocycles. The molecule has 3 aliphatic rings. The SMILES string of the molecule is CC(=O)N1C[NH+](CC[NH+]2CCOCC2)Cc2c1sc1c2CCCC1. The minimum atomic E-state index is 0.200. The van der Waals surface area contributed by atoms with E-state index in [0.717, 1.165) is 46.1 Å². The van der Waals surface area contributed by atoms with Crippen LogP contribution in [0, 0.1) is 0 Å². The van der Waals surface area contributed by atoms with Crippen molar-refractivity contribution in [1.29, 1.82) is 0 Å². The lowest BCUT2D eigenvalue weighted by Gasteiger charge is -2.33. The third-order valence-corrected chi connectivity index (χ3v) is 7.08. The van der Waals surface area contributed by atoms with Gasteiger partial charge in [0.2, 0.25) is 5.91 Å². The fraction of sp³-hybridized carbons (Fsp3) is 0.722. The molecule has 0 saturated carbocycles. The quantitative estimate of drug-likeness (QED) is 0.752. The number of aryl methyl sites for hydroxylation is 1. The summed E-state index contributed by atoms with van der Waals surface area (Å²) < 4.78 is 5.46. The highest BCUT2D eigenvalue weighted by molar-refractivity contribution is 7.16. The smallest absolute Gasteiger partial charge is 0.228 e. The van der Waals surface area contributed by atoms with Crippen LogP contribution >= 0.6 is 11.3 Å². The number of nitrogens with one attached hydrogen (secondary N) is 2. The number of rotatable bonds is 3. The average molecular weight is 352 g/mol. The van der Waals surface area contributed by atoms with Gasteiger partial charge in [-0.05, 0) is 31.2 Å². The Morgan fingerprint density at radius 3 is 2.67 bits per heavy atom. The van der Waals surface area contributed by atoms with Crippen LogP contribution in [-0.4, -0.2) is 52.0 Å². The molecule has 132 valence electrons. The highest BCUT2D eigenvalue weighted by Crippen LogP contribution is 2.40. The van der Waals surface area contributed by atoms with Crippen molar-refractivity contribution in [2.45, 2.75) is 39.2 Å². The third kappa shape index (κ3) is 3.25. The monoisotopic (exact) mass is 351 g/mol. The second-order valence-electron chi connectivity index (χ2n) is 7.39. The largest absolute Gasteiger partial charge is 0.370 e. The van der Waals surface area contributed by atoms with Gasteiger partial charge in [-0.3, -0.25) is 9.69 Å². The van der Waals surface area contributed by atoms with Gasteiger partial charge in [-0.1, -0.05) is 0 Å². The number of nitrogens with zero attached hydrogens (tertiary/aromatic N) is 1. The molecule has 2 N–H and O–H groups in total. The zero-order chi connectivity index (χ0) is 16.5. The molecule has 24 heavy (non-hydrogen) atoms. The molecule has 0 aromatic carbocycles. The van der Waals surface area contributed by atoms with Crippen LogP contribution in [-0.2, 0) is 28.9 Å². The van der Waals surface area contributed by atoms with Crippen molar-refractivity contribution in [2.75, 3.05) is 51.0 Å². The van der Waals surface area contributed by atoms with Gasteiger partial charge in [-0.2, -0.15) is 0 Å². The molecule has 1 amide bonds. The van der Waals surface area contributed by atoms with Gasteiger partial charge in [0, 0.05) is 17.4 Å². The van der Waals surface area contributed by atoms with Crippen molar-refractivity contribution in [2.24, 2.45) is 0 Å². The van der Waals surface area contributed by atoms with Crippen molar-refractivity contribution in [3.05, 3.63) is 16.0 Å². The van der Waals surface area contributed by atoms with Crippen LogP contribution in [0.4, 0.5) is 5.00 Å². The summed E-state index contributed by atoms with van der Waals surface area (Å²) in [4.78, 5) is 19.0. The van der Waals surface area contributed by atoms with Crippen molar-refractivity contribution in [3.63, 3.8) is 0 Å². The Kier molecular flexibility index (Phi) is 4.90. The van der Waals surface area contributed by atoms with Crippen molar-refractivity contribution in [1.82, 2.24) is 0 Å². The van der Waals surface area contributed by atoms with Gasteiger partial charge < -0.3 is 14.5 Å². The van der Waals surface area contributed by atoms with E-state index in [2.05, 4.69) is 0 Å². The lowest BCUT2D eigenvalue weighted by atomic mass is 9.94. The lowest BCUT2D eigenvalue weighted by Crippen LogP contribution is -3.21. The maximum absolute atomic E-state index is 12.2. The van der Waals surface area contributed by atoms with E-state index in [1.807, 2.05) is 16.2 Å². The topological polar surface area (TPSA) is 38.4 Å². The summed E-state index contributed by atoms with van der Waals surface area (Å²) in [7, 11) is 0. The Morgan fingerprint density at radius 2 is 1.88 bits per heavy atom. The number of morpholine rings is 1. The zero-order valence-electron chi connectivity index (χ0n) is 14.7. The number of carbonyl (C=O) groups is 1. The predicted octanol–water partition coefficient (Wildman–Crippen LogP) is -0.749. The van der Waals surface area contributed by atoms with E-state index in [4.69, 9.17) is 4.74 Å². The first kappa shape index (κ1) is 16.5. The number of ether oxygens (including phenoxy) is 1. The second-order valence-corrected chi connectivity index (χ2v) is 8.47. The first-order valence-electron chi connectivity index (χ1n) is 9.39. The molecular formula is C18H29N3O2S+2. The number of carbonyl (C=O) groups excluding carboxylic acids is 1. The number of hydrogen-bond donors (Lipinski definition) is 2. The van der Waals surface area contributed by atoms with Crippen LogP contribution < -0.4 is 14.7 Å². The van der Waals surface area contributed by atoms with Crippen LogP contribution in [0.3, 0.4) is 0 Å². The minimum absolute atomic E-state index is 0.200. The van der Waals surface area contributed by atoms with Crippen LogP contribution in [0.15, 0.2) is 0 Å². The molecule has 4 rings (SSSR count). The van der Waals surface area contributed by atoms with Crippen LogP contribution in [0.5, 0.6) is 0 Å². The third-order valence-electron chi connectivity index (χ3n) is 5.73. The first-order valence-corrected chi connectivity index (χ1v) is 10.2. The molecule has 1 aromatic heterocycles. The number of anilines is 1. The summed E-state index contributed by atoms with van der Waals surface area (Å²) in [6.07, 6.45) is 5.05. The summed E-state index contributed by atoms with van der Waals surface area (Å²) in [5.41, 5.74) is 3.08. The molecule has 0 radical (unpaired) electrons. The van der Waals surface area contributed by atoms with E-state index in [1.54, 1.807) is 27.2 Å². The Balaban J connectivity index is 1.50. The number of amides is 1. The van der Waals surface area contributed by atoms with Crippen LogP contribution in [0.2, 0.25) is 0 Å². The number of hydrogen-bond acceptors (Lipinski definition) is 3. The second kappa shape index (κ2) is 7.12. The van der Waals surface area contributed by atoms with Gasteiger partial charge in [-0.15, -0.1) is 11.3 Å². The maximum atomic E-state index is 12.2. The van der Waals surface area contributed by atoms with E-state index >= 15 is 0 Å². The van der Waals surface area contributed by atoms with Crippen molar-refractivity contribution in [3.8, 4) is 0 Å². The van der Waals surface area contributed by atoms with E-state index in [1.165, 1.54) is 42.8 Å². The number of fused-ring (bicyclic) bond motifs is 3. The van der Waals surface area contributed by atoms with Crippen molar-refractivity contribution >= 4 is 22.2 Å². The van der Waals surface area contributed by atoms with Gasteiger partial charge in [0.1, 0.15) is 37.7 Å². The van der Waals surface area contributed by atoms with E-state index in [0.29, 0.717) is 0 Å². The first-order chi connectivity index (χ1) is 11.7. The molecule has 5 nitrogen and oxygen atoms in total. The standard InChI is InChI=1S/C18H27N3O2S/c1-14(22)21-13-20(7-6-19-8-10-23-11-9-19)12-16-15-4-2-3-5-17(15)24-18(16)21/h2-13H2,1H3/p+2. The Hall–Kier alpha value is -0.950. The molecule has 1 atom stereocenters. The average Bonchev–Trinajstić information content (AvgIpc) is 2.98. The minimum Gasteiger partial charge on any atom is -0.370 e. The Labute approximate surface area is 148 Å². The summed E-state index contributed by atoms with van der Waals surface area (Å²) >= 11 is 1.89. The summed E-state index contributed by atoms with van der Waals surface area (Å²) in [6.45, 7) is 10.0. The van der Waals surface area contributed by atoms with Crippen LogP contribution in [0.1, 0.15) is 35.8 Å². The Bertz CT molecular complexity index is 610. The summed E-state index contributed by atoms with van der Waals surface area (Å²) in [5.74, 6) is 0.200. The molecule has 1 aliphatic carbocycles. The van der Waals surface area contributed by atoms with Gasteiger partial charge >= 0.3 is 0 Å². The molecule has 6 heteroatoms. The van der Waals surface area contributed by atoms with Crippen LogP contribution in [0.25, 0.3) is 0 Å². The van der Waals surface area contributed by atoms with Crippen molar-refractivity contribution < 1.29 is 19.3 Å². The highest BCUT2D eigenvalue weighted by atomic mass is 32.1. The normalized spacial score (nSPS) is 24.5. The molecular weight excluding hydrogens is 322 g/mol. The molecule has 1 unspecified atom stereocenters. The predicted molar refractivity (Wildman–Crippen MR) is 94.9 cm³/mol. The fourth-order valence-electron chi connectivity index (χ4n) is 4.30. The van der Waals surface area contributed by atoms with E-state index in [9.17, 15) is 4.79 Å². The van der Waals surface area contributed by atoms with Gasteiger partial charge in [0.05, 0.1) is 13.2 Å². The lowest BCUT2D eigenvalue weighted by molar-refractivity contribution is -0.967. The van der Waals surface area contributed by atoms with Gasteiger partial charge in [0.25, 0.3) is 0 Å². The van der Waals surface area contributed by atoms with Gasteiger partial charge in [-0.25, -0.2) is 0 Å². The highest BCUT2D eigenvalue weighted by Gasteiger charge is 2.34. The number of thiophene rings is 1.